The van der Waals surface area contributed by atoms with Crippen molar-refractivity contribution in [2.45, 2.75) is 64.1 Å². The van der Waals surface area contributed by atoms with Crippen LogP contribution in [-0.4, -0.2) is 18.1 Å². The predicted molar refractivity (Wildman–Crippen MR) is 117 cm³/mol. The number of hydrogen-bond donors (Lipinski definition) is 1. The Balaban J connectivity index is 0.00000280. The fourth-order valence-electron chi connectivity index (χ4n) is 3.52. The third-order valence-electron chi connectivity index (χ3n) is 5.11. The Labute approximate surface area is 179 Å². The molecule has 0 spiro atoms. The SMILES string of the molecule is COc1cc(CNC2CCCCCCC2)ccc1OCc1ccc(Cl)nc1.Cl. The number of rotatable bonds is 7. The number of aromatic nitrogens is 1. The first-order valence-electron chi connectivity index (χ1n) is 9.88. The topological polar surface area (TPSA) is 43.4 Å². The quantitative estimate of drug-likeness (QED) is 0.557. The molecule has 4 nitrogen and oxygen atoms in total. The van der Waals surface area contributed by atoms with E-state index in [-0.39, 0.29) is 12.4 Å². The number of nitrogens with one attached hydrogen (secondary N) is 1. The first kappa shape index (κ1) is 22.8. The van der Waals surface area contributed by atoms with Crippen molar-refractivity contribution < 1.29 is 9.47 Å². The van der Waals surface area contributed by atoms with Crippen LogP contribution in [-0.2, 0) is 13.2 Å². The zero-order valence-corrected chi connectivity index (χ0v) is 18.0. The summed E-state index contributed by atoms with van der Waals surface area (Å²) in [5, 5.41) is 4.21. The zero-order chi connectivity index (χ0) is 18.9. The van der Waals surface area contributed by atoms with Gasteiger partial charge in [-0.2, -0.15) is 0 Å². The Bertz CT molecular complexity index is 702. The van der Waals surface area contributed by atoms with E-state index in [4.69, 9.17) is 21.1 Å². The molecule has 1 aliphatic rings. The van der Waals surface area contributed by atoms with Crippen molar-refractivity contribution in [1.29, 1.82) is 0 Å². The molecule has 1 fully saturated rings. The van der Waals surface area contributed by atoms with Gasteiger partial charge in [0.05, 0.1) is 7.11 Å². The molecular weight excluding hydrogens is 395 g/mol. The molecule has 3 rings (SSSR count). The van der Waals surface area contributed by atoms with Crippen LogP contribution < -0.4 is 14.8 Å². The normalized spacial score (nSPS) is 15.2. The average molecular weight is 425 g/mol. The zero-order valence-electron chi connectivity index (χ0n) is 16.5. The molecule has 0 bridgehead atoms. The minimum Gasteiger partial charge on any atom is -0.493 e. The van der Waals surface area contributed by atoms with Gasteiger partial charge in [-0.1, -0.05) is 55.8 Å². The van der Waals surface area contributed by atoms with Gasteiger partial charge in [0.1, 0.15) is 11.8 Å². The van der Waals surface area contributed by atoms with Gasteiger partial charge in [0.25, 0.3) is 0 Å². The highest BCUT2D eigenvalue weighted by atomic mass is 35.5. The van der Waals surface area contributed by atoms with E-state index >= 15 is 0 Å². The highest BCUT2D eigenvalue weighted by Crippen LogP contribution is 2.29. The van der Waals surface area contributed by atoms with Gasteiger partial charge in [0, 0.05) is 24.3 Å². The number of ether oxygens (including phenoxy) is 2. The molecule has 6 heteroatoms. The van der Waals surface area contributed by atoms with E-state index in [0.29, 0.717) is 17.8 Å². The average Bonchev–Trinajstić information content (AvgIpc) is 2.67. The lowest BCUT2D eigenvalue weighted by Crippen LogP contribution is -2.29. The van der Waals surface area contributed by atoms with Gasteiger partial charge in [-0.3, -0.25) is 0 Å². The lowest BCUT2D eigenvalue weighted by atomic mass is 9.96. The fraction of sp³-hybridized carbons (Fsp3) is 0.500. The Morgan fingerprint density at radius 1 is 1.00 bits per heavy atom. The molecule has 0 atom stereocenters. The van der Waals surface area contributed by atoms with E-state index in [2.05, 4.69) is 22.4 Å². The molecule has 1 aliphatic carbocycles. The maximum Gasteiger partial charge on any atom is 0.161 e. The summed E-state index contributed by atoms with van der Waals surface area (Å²) in [6.07, 6.45) is 11.1. The van der Waals surface area contributed by atoms with Crippen molar-refractivity contribution in [1.82, 2.24) is 10.3 Å². The van der Waals surface area contributed by atoms with Gasteiger partial charge in [-0.05, 0) is 36.6 Å². The first-order valence-corrected chi connectivity index (χ1v) is 10.3. The van der Waals surface area contributed by atoms with Crippen LogP contribution in [0, 0.1) is 0 Å². The maximum absolute atomic E-state index is 5.91. The number of pyridine rings is 1. The van der Waals surface area contributed by atoms with Gasteiger partial charge < -0.3 is 14.8 Å². The molecule has 154 valence electrons. The summed E-state index contributed by atoms with van der Waals surface area (Å²) in [5.74, 6) is 1.50. The second-order valence-corrected chi connectivity index (χ2v) is 7.57. The predicted octanol–water partition coefficient (Wildman–Crippen LogP) is 5.95. The van der Waals surface area contributed by atoms with Gasteiger partial charge in [-0.25, -0.2) is 4.98 Å². The standard InChI is InChI=1S/C22H29ClN2O2.ClH/c1-26-21-13-17(14-24-19-7-5-3-2-4-6-8-19)9-11-20(21)27-16-18-10-12-22(23)25-15-18;/h9-13,15,19,24H,2-8,14,16H2,1H3;1H. The van der Waals surface area contributed by atoms with Crippen LogP contribution >= 0.6 is 24.0 Å². The van der Waals surface area contributed by atoms with Crippen LogP contribution in [0.15, 0.2) is 36.5 Å². The summed E-state index contributed by atoms with van der Waals surface area (Å²) < 4.78 is 11.4. The van der Waals surface area contributed by atoms with E-state index in [1.54, 1.807) is 19.4 Å². The van der Waals surface area contributed by atoms with E-state index in [0.717, 1.165) is 23.6 Å². The second kappa shape index (κ2) is 12.2. The molecule has 1 aromatic heterocycles. The minimum atomic E-state index is 0. The number of halogens is 2. The number of benzene rings is 1. The summed E-state index contributed by atoms with van der Waals surface area (Å²) in [6, 6.07) is 10.5. The van der Waals surface area contributed by atoms with E-state index in [1.807, 2.05) is 12.1 Å². The van der Waals surface area contributed by atoms with Crippen LogP contribution in [0.25, 0.3) is 0 Å². The van der Waals surface area contributed by atoms with Gasteiger partial charge in [0.2, 0.25) is 0 Å². The Hall–Kier alpha value is -1.49. The van der Waals surface area contributed by atoms with E-state index in [9.17, 15) is 0 Å². The molecule has 1 aromatic carbocycles. The molecule has 0 unspecified atom stereocenters. The summed E-state index contributed by atoms with van der Waals surface area (Å²) in [4.78, 5) is 4.08. The van der Waals surface area contributed by atoms with Gasteiger partial charge in [-0.15, -0.1) is 12.4 Å². The lowest BCUT2D eigenvalue weighted by molar-refractivity contribution is 0.284. The molecule has 0 radical (unpaired) electrons. The molecule has 1 heterocycles. The van der Waals surface area contributed by atoms with Crippen LogP contribution in [0.4, 0.5) is 0 Å². The number of hydrogen-bond acceptors (Lipinski definition) is 4. The third kappa shape index (κ3) is 7.16. The van der Waals surface area contributed by atoms with Crippen molar-refractivity contribution >= 4 is 24.0 Å². The Morgan fingerprint density at radius 2 is 1.71 bits per heavy atom. The van der Waals surface area contributed by atoms with Crippen LogP contribution in [0.5, 0.6) is 11.5 Å². The second-order valence-electron chi connectivity index (χ2n) is 7.19. The first-order chi connectivity index (χ1) is 13.2. The monoisotopic (exact) mass is 424 g/mol. The van der Waals surface area contributed by atoms with Crippen molar-refractivity contribution in [3.8, 4) is 11.5 Å². The molecule has 0 amide bonds. The van der Waals surface area contributed by atoms with Crippen molar-refractivity contribution in [3.63, 3.8) is 0 Å². The molecule has 0 saturated heterocycles. The van der Waals surface area contributed by atoms with E-state index < -0.39 is 0 Å². The molecular formula is C22H30Cl2N2O2. The van der Waals surface area contributed by atoms with Gasteiger partial charge in [0.15, 0.2) is 11.5 Å². The smallest absolute Gasteiger partial charge is 0.161 e. The van der Waals surface area contributed by atoms with Crippen LogP contribution in [0.2, 0.25) is 5.15 Å². The highest BCUT2D eigenvalue weighted by Gasteiger charge is 2.12. The molecule has 28 heavy (non-hydrogen) atoms. The summed E-state index contributed by atoms with van der Waals surface area (Å²) >= 11 is 5.82. The van der Waals surface area contributed by atoms with E-state index in [1.165, 1.54) is 50.5 Å². The van der Waals surface area contributed by atoms with Crippen molar-refractivity contribution in [2.75, 3.05) is 7.11 Å². The van der Waals surface area contributed by atoms with Crippen LogP contribution in [0.1, 0.15) is 56.1 Å². The minimum absolute atomic E-state index is 0. The molecule has 0 aliphatic heterocycles. The summed E-state index contributed by atoms with van der Waals surface area (Å²) in [5.41, 5.74) is 2.19. The lowest BCUT2D eigenvalue weighted by Gasteiger charge is -2.21. The third-order valence-corrected chi connectivity index (χ3v) is 5.33. The fourth-order valence-corrected chi connectivity index (χ4v) is 3.63. The Morgan fingerprint density at radius 3 is 2.39 bits per heavy atom. The Kier molecular flexibility index (Phi) is 9.89. The molecule has 1 saturated carbocycles. The number of methoxy groups -OCH3 is 1. The summed E-state index contributed by atoms with van der Waals surface area (Å²) in [7, 11) is 1.68. The summed E-state index contributed by atoms with van der Waals surface area (Å²) in [6.45, 7) is 1.29. The highest BCUT2D eigenvalue weighted by molar-refractivity contribution is 6.29. The number of nitrogens with zero attached hydrogens (tertiary/aromatic N) is 1. The van der Waals surface area contributed by atoms with Crippen molar-refractivity contribution in [3.05, 3.63) is 52.8 Å². The van der Waals surface area contributed by atoms with Gasteiger partial charge >= 0.3 is 0 Å². The molecule has 2 aromatic rings. The molecule has 1 N–H and O–H groups in total. The van der Waals surface area contributed by atoms with Crippen LogP contribution in [0.3, 0.4) is 0 Å². The van der Waals surface area contributed by atoms with Crippen molar-refractivity contribution in [2.24, 2.45) is 0 Å². The maximum atomic E-state index is 5.91. The largest absolute Gasteiger partial charge is 0.493 e.